The van der Waals surface area contributed by atoms with Crippen LogP contribution in [0.3, 0.4) is 0 Å². The summed E-state index contributed by atoms with van der Waals surface area (Å²) in [5.74, 6) is 3.11. The predicted octanol–water partition coefficient (Wildman–Crippen LogP) is 2.56. The molecule has 1 aliphatic rings. The molecule has 0 unspecified atom stereocenters. The highest BCUT2D eigenvalue weighted by molar-refractivity contribution is 5.89. The number of hydrogen-bond donors (Lipinski definition) is 0. The van der Waals surface area contributed by atoms with Gasteiger partial charge in [0.2, 0.25) is 0 Å². The molecule has 1 aliphatic carbocycles. The maximum absolute atomic E-state index is 11.9. The van der Waals surface area contributed by atoms with Crippen LogP contribution in [-0.4, -0.2) is 37.1 Å². The highest BCUT2D eigenvalue weighted by Gasteiger charge is 2.23. The Kier molecular flexibility index (Phi) is 5.20. The smallest absolute Gasteiger partial charge is 0.338 e. The molecule has 2 rings (SSSR count). The number of terminal acetylenes is 1. The second-order valence-corrected chi connectivity index (χ2v) is 5.19. The van der Waals surface area contributed by atoms with E-state index in [9.17, 15) is 4.79 Å². The highest BCUT2D eigenvalue weighted by Crippen LogP contribution is 2.29. The molecular weight excluding hydrogens is 250 g/mol. The zero-order valence-electron chi connectivity index (χ0n) is 12.0. The molecule has 0 atom stereocenters. The number of nitrogens with zero attached hydrogens (tertiary/aromatic N) is 1. The Morgan fingerprint density at radius 1 is 1.40 bits per heavy atom. The van der Waals surface area contributed by atoms with Gasteiger partial charge in [-0.2, -0.15) is 0 Å². The fourth-order valence-electron chi connectivity index (χ4n) is 2.10. The molecule has 0 bridgehead atoms. The van der Waals surface area contributed by atoms with Crippen molar-refractivity contribution in [1.82, 2.24) is 4.90 Å². The minimum atomic E-state index is -0.281. The monoisotopic (exact) mass is 271 g/mol. The maximum atomic E-state index is 11.9. The molecule has 1 fully saturated rings. The van der Waals surface area contributed by atoms with Crippen LogP contribution < -0.4 is 0 Å². The summed E-state index contributed by atoms with van der Waals surface area (Å²) in [5.41, 5.74) is 1.32. The van der Waals surface area contributed by atoms with Crippen LogP contribution in [0.5, 0.6) is 0 Å². The van der Waals surface area contributed by atoms with Gasteiger partial charge in [-0.05, 0) is 49.6 Å². The molecule has 0 aliphatic heterocycles. The number of rotatable bonds is 7. The van der Waals surface area contributed by atoms with Gasteiger partial charge in [-0.1, -0.05) is 12.8 Å². The summed E-state index contributed by atoms with van der Waals surface area (Å²) in [6.45, 7) is 5.52. The van der Waals surface area contributed by atoms with Crippen molar-refractivity contribution in [2.24, 2.45) is 5.92 Å². The molecule has 1 aromatic rings. The van der Waals surface area contributed by atoms with Crippen molar-refractivity contribution < 1.29 is 9.53 Å². The first kappa shape index (κ1) is 14.6. The number of likely N-dealkylation sites (N-methyl/N-ethyl adjacent to an activating group) is 1. The molecule has 1 aromatic carbocycles. The summed E-state index contributed by atoms with van der Waals surface area (Å²) >= 11 is 0. The van der Waals surface area contributed by atoms with Crippen LogP contribution in [0.25, 0.3) is 0 Å². The van der Waals surface area contributed by atoms with E-state index in [-0.39, 0.29) is 5.97 Å². The van der Waals surface area contributed by atoms with Crippen LogP contribution in [0.2, 0.25) is 0 Å². The van der Waals surface area contributed by atoms with Crippen molar-refractivity contribution in [3.8, 4) is 12.3 Å². The molecule has 0 N–H and O–H groups in total. The van der Waals surface area contributed by atoms with E-state index < -0.39 is 0 Å². The first-order valence-corrected chi connectivity index (χ1v) is 7.19. The first-order valence-electron chi connectivity index (χ1n) is 7.19. The van der Waals surface area contributed by atoms with Crippen molar-refractivity contribution in [2.75, 3.05) is 26.2 Å². The van der Waals surface area contributed by atoms with Crippen LogP contribution >= 0.6 is 0 Å². The van der Waals surface area contributed by atoms with Gasteiger partial charge in [0.15, 0.2) is 0 Å². The lowest BCUT2D eigenvalue weighted by atomic mass is 10.1. The van der Waals surface area contributed by atoms with Crippen molar-refractivity contribution in [3.63, 3.8) is 0 Å². The predicted molar refractivity (Wildman–Crippen MR) is 79.5 cm³/mol. The molecule has 0 saturated heterocycles. The van der Waals surface area contributed by atoms with Gasteiger partial charge < -0.3 is 4.74 Å². The standard InChI is InChI=1S/C17H21NO2/c1-3-14-7-9-16(10-8-14)17(19)20-12-11-18(4-2)13-15-5-6-15/h1,7-10,15H,4-6,11-13H2,2H3. The highest BCUT2D eigenvalue weighted by atomic mass is 16.5. The van der Waals surface area contributed by atoms with Crippen LogP contribution in [0.15, 0.2) is 24.3 Å². The van der Waals surface area contributed by atoms with E-state index in [0.717, 1.165) is 31.1 Å². The average Bonchev–Trinajstić information content (AvgIpc) is 3.30. The Hall–Kier alpha value is -1.79. The number of hydrogen-bond acceptors (Lipinski definition) is 3. The van der Waals surface area contributed by atoms with Crippen LogP contribution in [-0.2, 0) is 4.74 Å². The van der Waals surface area contributed by atoms with Gasteiger partial charge in [0.25, 0.3) is 0 Å². The summed E-state index contributed by atoms with van der Waals surface area (Å²) in [6, 6.07) is 6.92. The van der Waals surface area contributed by atoms with E-state index in [1.165, 1.54) is 12.8 Å². The molecule has 0 aromatic heterocycles. The third kappa shape index (κ3) is 4.40. The number of ether oxygens (including phenoxy) is 1. The molecule has 3 nitrogen and oxygen atoms in total. The average molecular weight is 271 g/mol. The van der Waals surface area contributed by atoms with E-state index in [1.54, 1.807) is 24.3 Å². The third-order valence-corrected chi connectivity index (χ3v) is 3.59. The molecule has 20 heavy (non-hydrogen) atoms. The van der Waals surface area contributed by atoms with Crippen molar-refractivity contribution >= 4 is 5.97 Å². The molecule has 1 saturated carbocycles. The SMILES string of the molecule is C#Cc1ccc(C(=O)OCCN(CC)CC2CC2)cc1. The topological polar surface area (TPSA) is 29.5 Å². The van der Waals surface area contributed by atoms with Crippen molar-refractivity contribution in [2.45, 2.75) is 19.8 Å². The molecule has 0 spiro atoms. The zero-order chi connectivity index (χ0) is 14.4. The minimum absolute atomic E-state index is 0.281. The quantitative estimate of drug-likeness (QED) is 0.564. The fourth-order valence-corrected chi connectivity index (χ4v) is 2.10. The molecule has 106 valence electrons. The second-order valence-electron chi connectivity index (χ2n) is 5.19. The van der Waals surface area contributed by atoms with Crippen LogP contribution in [0.1, 0.15) is 35.7 Å². The lowest BCUT2D eigenvalue weighted by molar-refractivity contribution is 0.0462. The molecule has 0 radical (unpaired) electrons. The fraction of sp³-hybridized carbons (Fsp3) is 0.471. The third-order valence-electron chi connectivity index (χ3n) is 3.59. The molecule has 0 amide bonds. The van der Waals surface area contributed by atoms with E-state index in [0.29, 0.717) is 12.2 Å². The summed E-state index contributed by atoms with van der Waals surface area (Å²) in [4.78, 5) is 14.2. The Labute approximate surface area is 120 Å². The number of esters is 1. The van der Waals surface area contributed by atoms with Gasteiger partial charge in [0.1, 0.15) is 6.61 Å². The second kappa shape index (κ2) is 7.12. The van der Waals surface area contributed by atoms with E-state index in [4.69, 9.17) is 11.2 Å². The summed E-state index contributed by atoms with van der Waals surface area (Å²) in [5, 5.41) is 0. The Bertz CT molecular complexity index is 483. The number of carbonyl (C=O) groups excluding carboxylic acids is 1. The van der Waals surface area contributed by atoms with Gasteiger partial charge in [-0.25, -0.2) is 4.79 Å². The van der Waals surface area contributed by atoms with Crippen molar-refractivity contribution in [1.29, 1.82) is 0 Å². The number of benzene rings is 1. The van der Waals surface area contributed by atoms with E-state index >= 15 is 0 Å². The van der Waals surface area contributed by atoms with Gasteiger partial charge in [0.05, 0.1) is 5.56 Å². The molecular formula is C17H21NO2. The zero-order valence-corrected chi connectivity index (χ0v) is 12.0. The van der Waals surface area contributed by atoms with Crippen LogP contribution in [0.4, 0.5) is 0 Å². The largest absolute Gasteiger partial charge is 0.461 e. The molecule has 3 heteroatoms. The maximum Gasteiger partial charge on any atom is 0.338 e. The summed E-state index contributed by atoms with van der Waals surface area (Å²) in [6.07, 6.45) is 7.97. The Morgan fingerprint density at radius 3 is 2.65 bits per heavy atom. The van der Waals surface area contributed by atoms with E-state index in [2.05, 4.69) is 17.7 Å². The lowest BCUT2D eigenvalue weighted by Gasteiger charge is -2.19. The normalized spacial score (nSPS) is 14.1. The summed E-state index contributed by atoms with van der Waals surface area (Å²) in [7, 11) is 0. The van der Waals surface area contributed by atoms with Gasteiger partial charge in [-0.3, -0.25) is 4.90 Å². The molecule has 0 heterocycles. The van der Waals surface area contributed by atoms with Gasteiger partial charge in [0, 0.05) is 18.7 Å². The summed E-state index contributed by atoms with van der Waals surface area (Å²) < 4.78 is 5.30. The Morgan fingerprint density at radius 2 is 2.10 bits per heavy atom. The van der Waals surface area contributed by atoms with Crippen molar-refractivity contribution in [3.05, 3.63) is 35.4 Å². The number of carbonyl (C=O) groups is 1. The Balaban J connectivity index is 1.74. The van der Waals surface area contributed by atoms with Crippen LogP contribution in [0, 0.1) is 18.3 Å². The van der Waals surface area contributed by atoms with Gasteiger partial charge in [-0.15, -0.1) is 6.42 Å². The lowest BCUT2D eigenvalue weighted by Crippen LogP contribution is -2.30. The van der Waals surface area contributed by atoms with E-state index in [1.807, 2.05) is 0 Å². The minimum Gasteiger partial charge on any atom is -0.461 e. The first-order chi connectivity index (χ1) is 9.72. The van der Waals surface area contributed by atoms with Gasteiger partial charge >= 0.3 is 5.97 Å².